The molecule has 0 bridgehead atoms. The van der Waals surface area contributed by atoms with Gasteiger partial charge in [0.25, 0.3) is 0 Å². The third kappa shape index (κ3) is 3.35. The van der Waals surface area contributed by atoms with Crippen LogP contribution in [0.2, 0.25) is 0 Å². The molecule has 1 aliphatic carbocycles. The lowest BCUT2D eigenvalue weighted by molar-refractivity contribution is -0.125. The monoisotopic (exact) mass is 303 g/mol. The maximum absolute atomic E-state index is 12.6. The van der Waals surface area contributed by atoms with Crippen molar-refractivity contribution >= 4 is 5.78 Å². The Hall–Kier alpha value is -2.40. The SMILES string of the molecule is N#CC(c1ccccc1)C(c1ccccc1)C1CCCCC1=O. The van der Waals surface area contributed by atoms with Gasteiger partial charge in [-0.15, -0.1) is 0 Å². The van der Waals surface area contributed by atoms with Crippen molar-refractivity contribution in [3.63, 3.8) is 0 Å². The summed E-state index contributed by atoms with van der Waals surface area (Å²) in [5, 5.41) is 9.87. The number of hydrogen-bond donors (Lipinski definition) is 0. The minimum Gasteiger partial charge on any atom is -0.299 e. The predicted octanol–water partition coefficient (Wildman–Crippen LogP) is 4.84. The van der Waals surface area contributed by atoms with E-state index < -0.39 is 0 Å². The van der Waals surface area contributed by atoms with Crippen LogP contribution in [0.3, 0.4) is 0 Å². The molecule has 3 rings (SSSR count). The van der Waals surface area contributed by atoms with Gasteiger partial charge in [-0.25, -0.2) is 0 Å². The summed E-state index contributed by atoms with van der Waals surface area (Å²) in [5.41, 5.74) is 2.10. The second-order valence-corrected chi connectivity index (χ2v) is 6.27. The lowest BCUT2D eigenvalue weighted by Gasteiger charge is -2.32. The predicted molar refractivity (Wildman–Crippen MR) is 90.9 cm³/mol. The zero-order valence-corrected chi connectivity index (χ0v) is 13.2. The first-order chi connectivity index (χ1) is 11.3. The van der Waals surface area contributed by atoms with Gasteiger partial charge in [0.15, 0.2) is 0 Å². The Balaban J connectivity index is 2.04. The molecule has 116 valence electrons. The molecule has 0 saturated heterocycles. The van der Waals surface area contributed by atoms with Gasteiger partial charge in [0.05, 0.1) is 12.0 Å². The topological polar surface area (TPSA) is 40.9 Å². The molecule has 23 heavy (non-hydrogen) atoms. The Morgan fingerprint density at radius 2 is 1.52 bits per heavy atom. The molecule has 2 nitrogen and oxygen atoms in total. The van der Waals surface area contributed by atoms with Crippen molar-refractivity contribution in [1.29, 1.82) is 5.26 Å². The molecule has 1 aliphatic rings. The number of hydrogen-bond acceptors (Lipinski definition) is 2. The van der Waals surface area contributed by atoms with E-state index in [1.54, 1.807) is 0 Å². The van der Waals surface area contributed by atoms with Crippen LogP contribution < -0.4 is 0 Å². The number of Topliss-reactive ketones (excluding diaryl/α,β-unsaturated/α-hetero) is 1. The highest BCUT2D eigenvalue weighted by atomic mass is 16.1. The van der Waals surface area contributed by atoms with Crippen LogP contribution in [0.1, 0.15) is 48.6 Å². The number of carbonyl (C=O) groups is 1. The molecule has 0 aromatic heterocycles. The van der Waals surface area contributed by atoms with Crippen LogP contribution >= 0.6 is 0 Å². The average molecular weight is 303 g/mol. The third-order valence-corrected chi connectivity index (χ3v) is 4.88. The van der Waals surface area contributed by atoms with Gasteiger partial charge in [-0.05, 0) is 24.0 Å². The molecule has 1 fully saturated rings. The summed E-state index contributed by atoms with van der Waals surface area (Å²) >= 11 is 0. The standard InChI is InChI=1S/C21H21NO/c22-15-19(16-9-3-1-4-10-16)21(17-11-5-2-6-12-17)18-13-7-8-14-20(18)23/h1-6,9-12,18-19,21H,7-8,13-14H2. The van der Waals surface area contributed by atoms with Gasteiger partial charge >= 0.3 is 0 Å². The zero-order valence-electron chi connectivity index (χ0n) is 13.2. The smallest absolute Gasteiger partial charge is 0.136 e. The molecular formula is C21H21NO. The van der Waals surface area contributed by atoms with Crippen LogP contribution in [0, 0.1) is 17.2 Å². The van der Waals surface area contributed by atoms with Crippen LogP contribution in [-0.2, 0) is 4.79 Å². The second-order valence-electron chi connectivity index (χ2n) is 6.27. The maximum Gasteiger partial charge on any atom is 0.136 e. The molecule has 1 saturated carbocycles. The molecule has 2 aromatic carbocycles. The molecular weight excluding hydrogens is 282 g/mol. The van der Waals surface area contributed by atoms with E-state index in [9.17, 15) is 10.1 Å². The molecule has 2 heteroatoms. The summed E-state index contributed by atoms with van der Waals surface area (Å²) in [6.45, 7) is 0. The van der Waals surface area contributed by atoms with Crippen molar-refractivity contribution < 1.29 is 4.79 Å². The maximum atomic E-state index is 12.6. The number of benzene rings is 2. The highest BCUT2D eigenvalue weighted by molar-refractivity contribution is 5.83. The molecule has 0 heterocycles. The van der Waals surface area contributed by atoms with Crippen molar-refractivity contribution in [1.82, 2.24) is 0 Å². The van der Waals surface area contributed by atoms with E-state index in [1.165, 1.54) is 0 Å². The quantitative estimate of drug-likeness (QED) is 0.811. The highest BCUT2D eigenvalue weighted by Crippen LogP contribution is 2.43. The van der Waals surface area contributed by atoms with Crippen molar-refractivity contribution in [2.24, 2.45) is 5.92 Å². The Bertz CT molecular complexity index is 687. The van der Waals surface area contributed by atoms with E-state index in [-0.39, 0.29) is 17.8 Å². The number of ketones is 1. The van der Waals surface area contributed by atoms with E-state index >= 15 is 0 Å². The first-order valence-electron chi connectivity index (χ1n) is 8.33. The van der Waals surface area contributed by atoms with Gasteiger partial charge < -0.3 is 0 Å². The number of nitrogens with zero attached hydrogens (tertiary/aromatic N) is 1. The van der Waals surface area contributed by atoms with Crippen molar-refractivity contribution in [3.05, 3.63) is 71.8 Å². The number of rotatable bonds is 4. The van der Waals surface area contributed by atoms with Crippen LogP contribution in [0.25, 0.3) is 0 Å². The van der Waals surface area contributed by atoms with Gasteiger partial charge in [0, 0.05) is 18.3 Å². The van der Waals surface area contributed by atoms with E-state index in [0.29, 0.717) is 12.2 Å². The average Bonchev–Trinajstić information content (AvgIpc) is 2.62. The second kappa shape index (κ2) is 7.24. The van der Waals surface area contributed by atoms with Gasteiger partial charge in [-0.2, -0.15) is 5.26 Å². The lowest BCUT2D eigenvalue weighted by atomic mass is 9.69. The molecule has 0 aliphatic heterocycles. The Morgan fingerprint density at radius 1 is 0.913 bits per heavy atom. The highest BCUT2D eigenvalue weighted by Gasteiger charge is 2.37. The van der Waals surface area contributed by atoms with Crippen LogP contribution in [0.15, 0.2) is 60.7 Å². The Kier molecular flexibility index (Phi) is 4.88. The Labute approximate surface area is 137 Å². The zero-order chi connectivity index (χ0) is 16.1. The summed E-state index contributed by atoms with van der Waals surface area (Å²) < 4.78 is 0. The fraction of sp³-hybridized carbons (Fsp3) is 0.333. The summed E-state index contributed by atoms with van der Waals surface area (Å²) in [4.78, 5) is 12.6. The Morgan fingerprint density at radius 3 is 2.09 bits per heavy atom. The van der Waals surface area contributed by atoms with Gasteiger partial charge in [0.1, 0.15) is 5.78 Å². The molecule has 3 unspecified atom stereocenters. The minimum absolute atomic E-state index is 0.0454. The van der Waals surface area contributed by atoms with Crippen molar-refractivity contribution in [2.45, 2.75) is 37.5 Å². The molecule has 0 radical (unpaired) electrons. The number of nitriles is 1. The first kappa shape index (κ1) is 15.5. The summed E-state index contributed by atoms with van der Waals surface area (Å²) in [6.07, 6.45) is 3.61. The molecule has 0 amide bonds. The van der Waals surface area contributed by atoms with Gasteiger partial charge in [-0.3, -0.25) is 4.79 Å². The third-order valence-electron chi connectivity index (χ3n) is 4.88. The fourth-order valence-corrected chi connectivity index (χ4v) is 3.74. The summed E-state index contributed by atoms with van der Waals surface area (Å²) in [6, 6.07) is 22.4. The van der Waals surface area contributed by atoms with E-state index in [1.807, 2.05) is 48.5 Å². The van der Waals surface area contributed by atoms with Crippen molar-refractivity contribution in [3.8, 4) is 6.07 Å². The molecule has 2 aromatic rings. The summed E-state index contributed by atoms with van der Waals surface area (Å²) in [5.74, 6) is -0.0701. The first-order valence-corrected chi connectivity index (χ1v) is 8.33. The molecule has 0 N–H and O–H groups in total. The van der Waals surface area contributed by atoms with Crippen molar-refractivity contribution in [2.75, 3.05) is 0 Å². The van der Waals surface area contributed by atoms with Crippen LogP contribution in [-0.4, -0.2) is 5.78 Å². The van der Waals surface area contributed by atoms with E-state index in [2.05, 4.69) is 18.2 Å². The fourth-order valence-electron chi connectivity index (χ4n) is 3.74. The lowest BCUT2D eigenvalue weighted by Crippen LogP contribution is -2.29. The number of carbonyl (C=O) groups excluding carboxylic acids is 1. The molecule has 3 atom stereocenters. The van der Waals surface area contributed by atoms with E-state index in [4.69, 9.17) is 0 Å². The van der Waals surface area contributed by atoms with Crippen LogP contribution in [0.4, 0.5) is 0 Å². The van der Waals surface area contributed by atoms with Gasteiger partial charge in [0.2, 0.25) is 0 Å². The van der Waals surface area contributed by atoms with E-state index in [0.717, 1.165) is 30.4 Å². The normalized spacial score (nSPS) is 20.5. The summed E-state index contributed by atoms with van der Waals surface area (Å²) in [7, 11) is 0. The van der Waals surface area contributed by atoms with Gasteiger partial charge in [-0.1, -0.05) is 67.1 Å². The van der Waals surface area contributed by atoms with Crippen LogP contribution in [0.5, 0.6) is 0 Å². The largest absolute Gasteiger partial charge is 0.299 e. The molecule has 0 spiro atoms. The minimum atomic E-state index is -0.286.